The number of rotatable bonds is 8. The number of ether oxygens (including phenoxy) is 3. The number of allylic oxidation sites excluding steroid dienone is 2. The molecule has 1 aliphatic heterocycles. The van der Waals surface area contributed by atoms with Crippen molar-refractivity contribution in [2.75, 3.05) is 26.1 Å². The zero-order valence-corrected chi connectivity index (χ0v) is 19.1. The maximum Gasteiger partial charge on any atom is 0.330 e. The van der Waals surface area contributed by atoms with E-state index in [9.17, 15) is 19.2 Å². The van der Waals surface area contributed by atoms with Crippen LogP contribution in [-0.2, 0) is 23.9 Å². The Morgan fingerprint density at radius 2 is 1.70 bits per heavy atom. The number of likely N-dealkylation sites (tertiary alicyclic amines) is 1. The molecule has 0 spiro atoms. The van der Waals surface area contributed by atoms with Crippen molar-refractivity contribution >= 4 is 29.4 Å². The molecular formula is C24H28N2O7. The molecule has 1 aromatic rings. The Hall–Kier alpha value is -3.36. The smallest absolute Gasteiger partial charge is 0.330 e. The van der Waals surface area contributed by atoms with Crippen LogP contribution in [0.25, 0.3) is 0 Å². The second-order valence-electron chi connectivity index (χ2n) is 8.96. The third kappa shape index (κ3) is 3.96. The van der Waals surface area contributed by atoms with Crippen molar-refractivity contribution in [2.24, 2.45) is 29.6 Å². The third-order valence-corrected chi connectivity index (χ3v) is 6.68. The molecular weight excluding hydrogens is 428 g/mol. The number of benzene rings is 1. The van der Waals surface area contributed by atoms with E-state index >= 15 is 0 Å². The first-order valence-corrected chi connectivity index (χ1v) is 11.0. The van der Waals surface area contributed by atoms with Gasteiger partial charge in [-0.3, -0.25) is 19.3 Å². The van der Waals surface area contributed by atoms with Gasteiger partial charge in [-0.15, -0.1) is 0 Å². The van der Waals surface area contributed by atoms with Gasteiger partial charge in [0.1, 0.15) is 17.5 Å². The normalized spacial score (nSPS) is 25.9. The Balaban J connectivity index is 1.41. The van der Waals surface area contributed by atoms with Gasteiger partial charge in [-0.25, -0.2) is 4.79 Å². The van der Waals surface area contributed by atoms with Crippen LogP contribution in [0.15, 0.2) is 30.4 Å². The van der Waals surface area contributed by atoms with Crippen LogP contribution in [0.1, 0.15) is 20.3 Å². The Labute approximate surface area is 192 Å². The van der Waals surface area contributed by atoms with E-state index in [2.05, 4.69) is 5.32 Å². The maximum absolute atomic E-state index is 13.1. The van der Waals surface area contributed by atoms with Crippen molar-refractivity contribution in [3.8, 4) is 11.5 Å². The molecule has 33 heavy (non-hydrogen) atoms. The van der Waals surface area contributed by atoms with Crippen LogP contribution in [0.5, 0.6) is 11.5 Å². The lowest BCUT2D eigenvalue weighted by Crippen LogP contribution is -2.50. The van der Waals surface area contributed by atoms with Gasteiger partial charge in [0.05, 0.1) is 31.7 Å². The van der Waals surface area contributed by atoms with Crippen molar-refractivity contribution in [3.05, 3.63) is 30.4 Å². The Morgan fingerprint density at radius 1 is 1.06 bits per heavy atom. The van der Waals surface area contributed by atoms with Crippen molar-refractivity contribution in [1.82, 2.24) is 4.90 Å². The van der Waals surface area contributed by atoms with E-state index in [4.69, 9.17) is 14.2 Å². The van der Waals surface area contributed by atoms with Crippen molar-refractivity contribution in [1.29, 1.82) is 0 Å². The van der Waals surface area contributed by atoms with Crippen LogP contribution in [0.3, 0.4) is 0 Å². The van der Waals surface area contributed by atoms with E-state index in [1.165, 1.54) is 14.2 Å². The maximum atomic E-state index is 13.1. The number of amides is 3. The molecule has 176 valence electrons. The first-order chi connectivity index (χ1) is 15.8. The van der Waals surface area contributed by atoms with E-state index in [1.54, 1.807) is 32.0 Å². The highest BCUT2D eigenvalue weighted by molar-refractivity contribution is 6.09. The lowest BCUT2D eigenvalue weighted by molar-refractivity contribution is -0.162. The first kappa shape index (κ1) is 22.8. The van der Waals surface area contributed by atoms with Crippen LogP contribution in [0.4, 0.5) is 5.69 Å². The van der Waals surface area contributed by atoms with Crippen LogP contribution in [0.2, 0.25) is 0 Å². The second-order valence-corrected chi connectivity index (χ2v) is 8.96. The number of imide groups is 1. The fourth-order valence-electron chi connectivity index (χ4n) is 5.19. The van der Waals surface area contributed by atoms with Crippen LogP contribution in [0, 0.1) is 29.6 Å². The third-order valence-electron chi connectivity index (χ3n) is 6.68. The highest BCUT2D eigenvalue weighted by Crippen LogP contribution is 2.53. The summed E-state index contributed by atoms with van der Waals surface area (Å²) in [6.45, 7) is 2.93. The average Bonchev–Trinajstić information content (AvgIpc) is 3.48. The summed E-state index contributed by atoms with van der Waals surface area (Å²) in [7, 11) is 2.97. The largest absolute Gasteiger partial charge is 0.497 e. The molecule has 1 saturated heterocycles. The number of carbonyl (C=O) groups is 4. The fraction of sp³-hybridized carbons (Fsp3) is 0.500. The number of carbonyl (C=O) groups excluding carboxylic acids is 4. The van der Waals surface area contributed by atoms with Crippen molar-refractivity contribution < 1.29 is 33.4 Å². The van der Waals surface area contributed by atoms with Crippen LogP contribution in [-0.4, -0.2) is 55.5 Å². The number of nitrogens with zero attached hydrogens (tertiary/aromatic N) is 1. The van der Waals surface area contributed by atoms with Crippen LogP contribution < -0.4 is 14.8 Å². The molecule has 2 aliphatic carbocycles. The molecule has 2 bridgehead atoms. The minimum Gasteiger partial charge on any atom is -0.497 e. The van der Waals surface area contributed by atoms with E-state index in [1.807, 2.05) is 12.2 Å². The fourth-order valence-corrected chi connectivity index (χ4v) is 5.19. The molecule has 2 fully saturated rings. The summed E-state index contributed by atoms with van der Waals surface area (Å²) in [5.74, 6) is -2.09. The van der Waals surface area contributed by atoms with Gasteiger partial charge in [-0.2, -0.15) is 0 Å². The number of esters is 1. The van der Waals surface area contributed by atoms with E-state index in [0.717, 1.165) is 11.3 Å². The minimum atomic E-state index is -1.07. The summed E-state index contributed by atoms with van der Waals surface area (Å²) in [6, 6.07) is 3.80. The monoisotopic (exact) mass is 456 g/mol. The van der Waals surface area contributed by atoms with Crippen molar-refractivity contribution in [3.63, 3.8) is 0 Å². The van der Waals surface area contributed by atoms with Gasteiger partial charge < -0.3 is 19.5 Å². The number of hydrogen-bond acceptors (Lipinski definition) is 7. The topological polar surface area (TPSA) is 111 Å². The molecule has 3 aliphatic rings. The Bertz CT molecular complexity index is 988. The Kier molecular flexibility index (Phi) is 6.14. The molecule has 1 saturated carbocycles. The lowest BCUT2D eigenvalue weighted by Gasteiger charge is -2.28. The summed E-state index contributed by atoms with van der Waals surface area (Å²) in [4.78, 5) is 52.6. The molecule has 1 N–H and O–H groups in total. The highest BCUT2D eigenvalue weighted by atomic mass is 16.5. The predicted molar refractivity (Wildman–Crippen MR) is 117 cm³/mol. The van der Waals surface area contributed by atoms with Gasteiger partial charge >= 0.3 is 5.97 Å². The zero-order chi connectivity index (χ0) is 23.9. The van der Waals surface area contributed by atoms with Gasteiger partial charge in [0, 0.05) is 6.07 Å². The van der Waals surface area contributed by atoms with Gasteiger partial charge in [0.2, 0.25) is 11.8 Å². The summed E-state index contributed by atoms with van der Waals surface area (Å²) < 4.78 is 15.6. The van der Waals surface area contributed by atoms with E-state index in [-0.39, 0.29) is 29.6 Å². The molecule has 5 atom stereocenters. The molecule has 9 heteroatoms. The average molecular weight is 456 g/mol. The Morgan fingerprint density at radius 3 is 2.24 bits per heavy atom. The zero-order valence-electron chi connectivity index (χ0n) is 19.1. The van der Waals surface area contributed by atoms with Gasteiger partial charge in [-0.1, -0.05) is 26.0 Å². The number of nitrogens with one attached hydrogen (secondary N) is 1. The van der Waals surface area contributed by atoms with Gasteiger partial charge in [0.25, 0.3) is 5.91 Å². The quantitative estimate of drug-likeness (QED) is 0.362. The molecule has 4 rings (SSSR count). The molecule has 1 aromatic carbocycles. The second kappa shape index (κ2) is 8.88. The summed E-state index contributed by atoms with van der Waals surface area (Å²) >= 11 is 0. The lowest BCUT2D eigenvalue weighted by atomic mass is 9.85. The summed E-state index contributed by atoms with van der Waals surface area (Å²) in [5, 5.41) is 2.62. The standard InChI is InChI=1S/C24H28N2O7/c1-12(2)21(26-22(28)19-13-5-6-14(9-13)20(19)23(26)29)24(30)33-11-18(27)25-16-8-7-15(31-3)10-17(16)32-4/h5-8,10,12-14,19-21H,9,11H2,1-4H3,(H,25,27)/t13-,14-,19+,20+,21-/m0/s1. The van der Waals surface area contributed by atoms with E-state index < -0.39 is 36.4 Å². The molecule has 0 aromatic heterocycles. The van der Waals surface area contributed by atoms with Gasteiger partial charge in [0.15, 0.2) is 6.61 Å². The van der Waals surface area contributed by atoms with E-state index in [0.29, 0.717) is 17.2 Å². The SMILES string of the molecule is COc1ccc(NC(=O)COC(=O)[C@H](C(C)C)N2C(=O)[C@H]3[C@H](C2=O)[C@H]2C=C[C@H]3C2)c(OC)c1. The number of methoxy groups -OCH3 is 2. The predicted octanol–water partition coefficient (Wildman–Crippen LogP) is 2.02. The number of fused-ring (bicyclic) bond motifs is 5. The highest BCUT2D eigenvalue weighted by Gasteiger charge is 2.61. The van der Waals surface area contributed by atoms with Gasteiger partial charge in [-0.05, 0) is 36.3 Å². The molecule has 9 nitrogen and oxygen atoms in total. The molecule has 0 unspecified atom stereocenters. The number of hydrogen-bond donors (Lipinski definition) is 1. The summed E-state index contributed by atoms with van der Waals surface area (Å²) in [6.07, 6.45) is 4.81. The number of anilines is 1. The molecule has 0 radical (unpaired) electrons. The van der Waals surface area contributed by atoms with Crippen molar-refractivity contribution in [2.45, 2.75) is 26.3 Å². The minimum absolute atomic E-state index is 0.0514. The van der Waals surface area contributed by atoms with Crippen LogP contribution >= 0.6 is 0 Å². The molecule has 3 amide bonds. The molecule has 1 heterocycles. The summed E-state index contributed by atoms with van der Waals surface area (Å²) in [5.41, 5.74) is 0.389. The first-order valence-electron chi connectivity index (χ1n) is 11.0.